The van der Waals surface area contributed by atoms with Crippen LogP contribution in [0.2, 0.25) is 0 Å². The molecule has 0 radical (unpaired) electrons. The van der Waals surface area contributed by atoms with Gasteiger partial charge in [0.15, 0.2) is 0 Å². The summed E-state index contributed by atoms with van der Waals surface area (Å²) in [6, 6.07) is 7.12. The fourth-order valence-corrected chi connectivity index (χ4v) is 4.11. The van der Waals surface area contributed by atoms with E-state index >= 15 is 0 Å². The lowest BCUT2D eigenvalue weighted by Gasteiger charge is -2.27. The van der Waals surface area contributed by atoms with E-state index in [1.165, 1.54) is 24.3 Å². The quantitative estimate of drug-likeness (QED) is 0.527. The number of benzene rings is 2. The van der Waals surface area contributed by atoms with Gasteiger partial charge in [-0.1, -0.05) is 18.2 Å². The summed E-state index contributed by atoms with van der Waals surface area (Å²) >= 11 is 0. The number of alkyl halides is 3. The minimum Gasteiger partial charge on any atom is -0.496 e. The average molecular weight is 450 g/mol. The number of sulfonamides is 1. The fraction of sp³-hybridized carbons (Fsp3) is 0.333. The highest BCUT2D eigenvalue weighted by Gasteiger charge is 2.43. The van der Waals surface area contributed by atoms with Gasteiger partial charge in [-0.2, -0.15) is 17.9 Å². The van der Waals surface area contributed by atoms with Gasteiger partial charge < -0.3 is 25.1 Å². The standard InChI is InChI=1S/C18H21F3N2O6S/c1-27-14-11(9-24)15(28-2)13(18(19,20)21)16(29-3)12(14)17(22)23-30(25,26)10-7-5-4-6-8-10/h4-8,17,23-24H,9,22H2,1-3H3. The predicted molar refractivity (Wildman–Crippen MR) is 101 cm³/mol. The molecule has 2 aromatic carbocycles. The number of ether oxygens (including phenoxy) is 3. The first-order valence-corrected chi connectivity index (χ1v) is 9.87. The smallest absolute Gasteiger partial charge is 0.423 e. The molecule has 0 amide bonds. The third kappa shape index (κ3) is 4.46. The summed E-state index contributed by atoms with van der Waals surface area (Å²) in [6.45, 7) is -0.898. The Morgan fingerprint density at radius 1 is 1.03 bits per heavy atom. The van der Waals surface area contributed by atoms with Crippen molar-refractivity contribution in [1.82, 2.24) is 4.72 Å². The van der Waals surface area contributed by atoms with Gasteiger partial charge in [0.05, 0.1) is 44.0 Å². The van der Waals surface area contributed by atoms with Crippen molar-refractivity contribution in [2.45, 2.75) is 23.8 Å². The van der Waals surface area contributed by atoms with Crippen LogP contribution < -0.4 is 24.7 Å². The van der Waals surface area contributed by atoms with Crippen LogP contribution in [0.3, 0.4) is 0 Å². The molecule has 1 atom stereocenters. The summed E-state index contributed by atoms with van der Waals surface area (Å²) in [6.07, 6.45) is -6.68. The van der Waals surface area contributed by atoms with E-state index in [4.69, 9.17) is 19.9 Å². The van der Waals surface area contributed by atoms with Crippen molar-refractivity contribution in [3.05, 3.63) is 47.0 Å². The predicted octanol–water partition coefficient (Wildman–Crippen LogP) is 2.16. The van der Waals surface area contributed by atoms with Gasteiger partial charge in [-0.3, -0.25) is 0 Å². The van der Waals surface area contributed by atoms with Crippen LogP contribution in [-0.2, 0) is 22.8 Å². The highest BCUT2D eigenvalue weighted by Crippen LogP contribution is 2.51. The van der Waals surface area contributed by atoms with E-state index in [1.807, 2.05) is 0 Å². The molecule has 0 bridgehead atoms. The Kier molecular flexibility index (Phi) is 7.18. The summed E-state index contributed by atoms with van der Waals surface area (Å²) < 4.78 is 83.8. The van der Waals surface area contributed by atoms with E-state index in [2.05, 4.69) is 4.72 Å². The van der Waals surface area contributed by atoms with Crippen LogP contribution in [0.1, 0.15) is 22.9 Å². The first-order chi connectivity index (χ1) is 14.0. The SMILES string of the molecule is COc1c(CO)c(OC)c(C(F)(F)F)c(OC)c1C(N)NS(=O)(=O)c1ccccc1. The molecule has 0 saturated carbocycles. The Labute approximate surface area is 171 Å². The summed E-state index contributed by atoms with van der Waals surface area (Å²) in [5.74, 6) is -1.82. The maximum atomic E-state index is 13.8. The molecule has 0 aliphatic heterocycles. The topological polar surface area (TPSA) is 120 Å². The Morgan fingerprint density at radius 2 is 1.57 bits per heavy atom. The monoisotopic (exact) mass is 450 g/mol. The number of aliphatic hydroxyl groups excluding tert-OH is 1. The minimum atomic E-state index is -4.97. The summed E-state index contributed by atoms with van der Waals surface area (Å²) in [5, 5.41) is 9.68. The lowest BCUT2D eigenvalue weighted by molar-refractivity contribution is -0.140. The molecular weight excluding hydrogens is 429 g/mol. The Morgan fingerprint density at radius 3 is 2.00 bits per heavy atom. The van der Waals surface area contributed by atoms with Crippen molar-refractivity contribution in [2.75, 3.05) is 21.3 Å². The normalized spacial score (nSPS) is 13.1. The van der Waals surface area contributed by atoms with Crippen molar-refractivity contribution >= 4 is 10.0 Å². The molecule has 2 aromatic rings. The second-order valence-corrected chi connectivity index (χ2v) is 7.65. The van der Waals surface area contributed by atoms with Crippen molar-refractivity contribution < 1.29 is 40.9 Å². The minimum absolute atomic E-state index is 0.148. The first-order valence-electron chi connectivity index (χ1n) is 8.39. The molecule has 4 N–H and O–H groups in total. The molecule has 0 spiro atoms. The van der Waals surface area contributed by atoms with Gasteiger partial charge in [0.1, 0.15) is 29.0 Å². The maximum absolute atomic E-state index is 13.8. The third-order valence-corrected chi connectivity index (χ3v) is 5.65. The fourth-order valence-electron chi connectivity index (χ4n) is 3.01. The molecule has 0 aliphatic rings. The Balaban J connectivity index is 2.77. The number of methoxy groups -OCH3 is 3. The van der Waals surface area contributed by atoms with Gasteiger partial charge >= 0.3 is 6.18 Å². The number of nitrogens with two attached hydrogens (primary N) is 1. The molecule has 0 fully saturated rings. The van der Waals surface area contributed by atoms with Crippen LogP contribution in [0.5, 0.6) is 17.2 Å². The molecule has 0 aromatic heterocycles. The highest BCUT2D eigenvalue weighted by atomic mass is 32.2. The molecule has 0 heterocycles. The van der Waals surface area contributed by atoms with Crippen molar-refractivity contribution in [1.29, 1.82) is 0 Å². The van der Waals surface area contributed by atoms with Crippen LogP contribution in [0.15, 0.2) is 35.2 Å². The lowest BCUT2D eigenvalue weighted by atomic mass is 9.98. The van der Waals surface area contributed by atoms with Gasteiger partial charge in [0, 0.05) is 0 Å². The largest absolute Gasteiger partial charge is 0.496 e. The zero-order chi connectivity index (χ0) is 22.7. The lowest BCUT2D eigenvalue weighted by Crippen LogP contribution is -2.35. The summed E-state index contributed by atoms with van der Waals surface area (Å²) in [7, 11) is -1.13. The molecule has 1 unspecified atom stereocenters. The number of hydrogen-bond donors (Lipinski definition) is 3. The molecule has 12 heteroatoms. The summed E-state index contributed by atoms with van der Waals surface area (Å²) in [4.78, 5) is -0.148. The zero-order valence-corrected chi connectivity index (χ0v) is 17.1. The van der Waals surface area contributed by atoms with Gasteiger partial charge in [-0.25, -0.2) is 8.42 Å². The van der Waals surface area contributed by atoms with Crippen LogP contribution in [0, 0.1) is 0 Å². The number of aliphatic hydroxyl groups is 1. The van der Waals surface area contributed by atoms with Crippen molar-refractivity contribution in [3.8, 4) is 17.2 Å². The van der Waals surface area contributed by atoms with E-state index in [1.54, 1.807) is 6.07 Å². The van der Waals surface area contributed by atoms with Gasteiger partial charge in [-0.05, 0) is 12.1 Å². The second-order valence-electron chi connectivity index (χ2n) is 5.93. The van der Waals surface area contributed by atoms with E-state index in [9.17, 15) is 26.7 Å². The Bertz CT molecular complexity index is 997. The van der Waals surface area contributed by atoms with E-state index in [0.717, 1.165) is 21.3 Å². The summed E-state index contributed by atoms with van der Waals surface area (Å²) in [5.41, 5.74) is 3.79. The van der Waals surface area contributed by atoms with Crippen molar-refractivity contribution in [2.24, 2.45) is 5.73 Å². The molecule has 0 aliphatic carbocycles. The number of rotatable bonds is 8. The Hall–Kier alpha value is -2.54. The molecule has 30 heavy (non-hydrogen) atoms. The molecular formula is C18H21F3N2O6S. The van der Waals surface area contributed by atoms with Crippen molar-refractivity contribution in [3.63, 3.8) is 0 Å². The van der Waals surface area contributed by atoms with Crippen LogP contribution >= 0.6 is 0 Å². The molecule has 8 nitrogen and oxygen atoms in total. The first kappa shape index (κ1) is 23.7. The average Bonchev–Trinajstić information content (AvgIpc) is 2.70. The van der Waals surface area contributed by atoms with E-state index < -0.39 is 51.6 Å². The van der Waals surface area contributed by atoms with Crippen LogP contribution in [0.4, 0.5) is 13.2 Å². The zero-order valence-electron chi connectivity index (χ0n) is 16.3. The van der Waals surface area contributed by atoms with E-state index in [0.29, 0.717) is 0 Å². The second kappa shape index (κ2) is 9.08. The number of hydrogen-bond acceptors (Lipinski definition) is 7. The van der Waals surface area contributed by atoms with Crippen LogP contribution in [-0.4, -0.2) is 34.9 Å². The third-order valence-electron chi connectivity index (χ3n) is 4.19. The van der Waals surface area contributed by atoms with Crippen LogP contribution in [0.25, 0.3) is 0 Å². The van der Waals surface area contributed by atoms with Gasteiger partial charge in [-0.15, -0.1) is 0 Å². The number of halogens is 3. The maximum Gasteiger partial charge on any atom is 0.423 e. The number of nitrogens with one attached hydrogen (secondary N) is 1. The molecule has 2 rings (SSSR count). The molecule has 0 saturated heterocycles. The van der Waals surface area contributed by atoms with E-state index in [-0.39, 0.29) is 16.2 Å². The van der Waals surface area contributed by atoms with Gasteiger partial charge in [0.2, 0.25) is 10.0 Å². The highest BCUT2D eigenvalue weighted by molar-refractivity contribution is 7.89. The molecule has 166 valence electrons. The van der Waals surface area contributed by atoms with Gasteiger partial charge in [0.25, 0.3) is 0 Å².